The van der Waals surface area contributed by atoms with Crippen molar-refractivity contribution in [1.29, 1.82) is 0 Å². The van der Waals surface area contributed by atoms with Crippen molar-refractivity contribution < 1.29 is 9.53 Å². The number of pyridine rings is 1. The van der Waals surface area contributed by atoms with E-state index in [9.17, 15) is 4.79 Å². The lowest BCUT2D eigenvalue weighted by molar-refractivity contribution is -0.132. The fraction of sp³-hybridized carbons (Fsp3) is 0.375. The molecule has 1 fully saturated rings. The van der Waals surface area contributed by atoms with E-state index in [0.717, 1.165) is 24.9 Å². The van der Waals surface area contributed by atoms with Gasteiger partial charge in [0.25, 0.3) is 5.91 Å². The molecule has 1 atom stereocenters. The van der Waals surface area contributed by atoms with Gasteiger partial charge in [0.1, 0.15) is 11.3 Å². The van der Waals surface area contributed by atoms with Crippen LogP contribution in [0.25, 0.3) is 10.9 Å². The summed E-state index contributed by atoms with van der Waals surface area (Å²) < 4.78 is 5.67. The first-order valence-electron chi connectivity index (χ1n) is 7.33. The topological polar surface area (TPSA) is 68.5 Å². The van der Waals surface area contributed by atoms with E-state index in [0.29, 0.717) is 28.8 Å². The maximum Gasteiger partial charge on any atom is 0.260 e. The van der Waals surface area contributed by atoms with Crippen LogP contribution in [0.5, 0.6) is 5.75 Å². The van der Waals surface area contributed by atoms with Gasteiger partial charge in [0.15, 0.2) is 6.61 Å². The maximum atomic E-state index is 12.2. The van der Waals surface area contributed by atoms with Crippen molar-refractivity contribution in [2.45, 2.75) is 6.42 Å². The number of carbonyl (C=O) groups excluding carboxylic acids is 1. The van der Waals surface area contributed by atoms with E-state index in [1.54, 1.807) is 18.3 Å². The second kappa shape index (κ2) is 6.50. The average molecular weight is 320 g/mol. The van der Waals surface area contributed by atoms with Crippen molar-refractivity contribution >= 4 is 28.4 Å². The van der Waals surface area contributed by atoms with Crippen LogP contribution < -0.4 is 10.5 Å². The van der Waals surface area contributed by atoms with Crippen LogP contribution >= 0.6 is 11.6 Å². The molecule has 22 heavy (non-hydrogen) atoms. The number of carbonyl (C=O) groups is 1. The van der Waals surface area contributed by atoms with Gasteiger partial charge in [-0.3, -0.25) is 9.78 Å². The predicted octanol–water partition coefficient (Wildman–Crippen LogP) is 2.07. The lowest BCUT2D eigenvalue weighted by atomic mass is 10.1. The fourth-order valence-corrected chi connectivity index (χ4v) is 2.93. The summed E-state index contributed by atoms with van der Waals surface area (Å²) in [6, 6.07) is 7.20. The van der Waals surface area contributed by atoms with Crippen LogP contribution in [-0.2, 0) is 4.79 Å². The SMILES string of the molecule is NC[C@H]1CCN(C(=O)COc2ccc(Cl)c3cccnc23)C1. The molecule has 0 aliphatic carbocycles. The molecule has 1 aliphatic heterocycles. The van der Waals surface area contributed by atoms with Gasteiger partial charge in [0.05, 0.1) is 5.02 Å². The minimum Gasteiger partial charge on any atom is -0.481 e. The molecule has 6 heteroatoms. The summed E-state index contributed by atoms with van der Waals surface area (Å²) in [5, 5.41) is 1.44. The van der Waals surface area contributed by atoms with Crippen LogP contribution in [0.3, 0.4) is 0 Å². The molecule has 2 N–H and O–H groups in total. The van der Waals surface area contributed by atoms with E-state index in [-0.39, 0.29) is 12.5 Å². The number of benzene rings is 1. The van der Waals surface area contributed by atoms with E-state index in [1.807, 2.05) is 17.0 Å². The third kappa shape index (κ3) is 3.00. The summed E-state index contributed by atoms with van der Waals surface area (Å²) >= 11 is 6.14. The average Bonchev–Trinajstić information content (AvgIpc) is 3.03. The number of aromatic nitrogens is 1. The maximum absolute atomic E-state index is 12.2. The monoisotopic (exact) mass is 319 g/mol. The first-order valence-corrected chi connectivity index (χ1v) is 7.70. The highest BCUT2D eigenvalue weighted by Crippen LogP contribution is 2.29. The molecule has 1 amide bonds. The molecule has 2 heterocycles. The second-order valence-corrected chi connectivity index (χ2v) is 5.87. The lowest BCUT2D eigenvalue weighted by Gasteiger charge is -2.17. The van der Waals surface area contributed by atoms with E-state index in [1.165, 1.54) is 0 Å². The number of nitrogens with two attached hydrogens (primary N) is 1. The zero-order valence-corrected chi connectivity index (χ0v) is 12.9. The largest absolute Gasteiger partial charge is 0.481 e. The quantitative estimate of drug-likeness (QED) is 0.936. The molecule has 2 aromatic rings. The number of likely N-dealkylation sites (tertiary alicyclic amines) is 1. The molecular weight excluding hydrogens is 302 g/mol. The number of fused-ring (bicyclic) bond motifs is 1. The van der Waals surface area contributed by atoms with Crippen molar-refractivity contribution in [3.63, 3.8) is 0 Å². The molecular formula is C16H18ClN3O2. The van der Waals surface area contributed by atoms with Gasteiger partial charge in [-0.05, 0) is 43.1 Å². The van der Waals surface area contributed by atoms with Gasteiger partial charge < -0.3 is 15.4 Å². The standard InChI is InChI=1S/C16H18ClN3O2/c17-13-3-4-14(16-12(13)2-1-6-19-16)22-10-15(21)20-7-5-11(8-18)9-20/h1-4,6,11H,5,7-10,18H2/t11-/m1/s1. The van der Waals surface area contributed by atoms with Crippen molar-refractivity contribution in [3.05, 3.63) is 35.5 Å². The Hall–Kier alpha value is -1.85. The summed E-state index contributed by atoms with van der Waals surface area (Å²) in [7, 11) is 0. The van der Waals surface area contributed by atoms with E-state index in [2.05, 4.69) is 4.98 Å². The van der Waals surface area contributed by atoms with Crippen LogP contribution in [0.1, 0.15) is 6.42 Å². The molecule has 116 valence electrons. The van der Waals surface area contributed by atoms with Gasteiger partial charge in [0.2, 0.25) is 0 Å². The molecule has 1 aromatic heterocycles. The Bertz CT molecular complexity index is 692. The fourth-order valence-electron chi connectivity index (χ4n) is 2.71. The number of nitrogens with zero attached hydrogens (tertiary/aromatic N) is 2. The number of ether oxygens (including phenoxy) is 1. The van der Waals surface area contributed by atoms with Crippen LogP contribution in [0.2, 0.25) is 5.02 Å². The van der Waals surface area contributed by atoms with Crippen LogP contribution in [0.15, 0.2) is 30.5 Å². The van der Waals surface area contributed by atoms with Gasteiger partial charge in [0, 0.05) is 24.7 Å². The molecule has 5 nitrogen and oxygen atoms in total. The highest BCUT2D eigenvalue weighted by atomic mass is 35.5. The first-order chi connectivity index (χ1) is 10.7. The Morgan fingerprint density at radius 1 is 1.45 bits per heavy atom. The third-order valence-corrected chi connectivity index (χ3v) is 4.33. The smallest absolute Gasteiger partial charge is 0.260 e. The highest BCUT2D eigenvalue weighted by molar-refractivity contribution is 6.35. The number of halogens is 1. The van der Waals surface area contributed by atoms with Crippen LogP contribution in [0.4, 0.5) is 0 Å². The Balaban J connectivity index is 1.69. The molecule has 0 saturated carbocycles. The Morgan fingerprint density at radius 2 is 2.32 bits per heavy atom. The summed E-state index contributed by atoms with van der Waals surface area (Å²) in [4.78, 5) is 18.3. The van der Waals surface area contributed by atoms with Crippen molar-refractivity contribution in [3.8, 4) is 5.75 Å². The minimum atomic E-state index is -0.0185. The van der Waals surface area contributed by atoms with Gasteiger partial charge in [-0.1, -0.05) is 11.6 Å². The molecule has 0 radical (unpaired) electrons. The molecule has 0 bridgehead atoms. The van der Waals surface area contributed by atoms with E-state index in [4.69, 9.17) is 22.1 Å². The van der Waals surface area contributed by atoms with Gasteiger partial charge in [-0.15, -0.1) is 0 Å². The van der Waals surface area contributed by atoms with Gasteiger partial charge in [-0.25, -0.2) is 0 Å². The van der Waals surface area contributed by atoms with Crippen molar-refractivity contribution in [2.75, 3.05) is 26.2 Å². The first kappa shape index (κ1) is 15.1. The number of rotatable bonds is 4. The summed E-state index contributed by atoms with van der Waals surface area (Å²) in [5.41, 5.74) is 6.32. The van der Waals surface area contributed by atoms with E-state index < -0.39 is 0 Å². The van der Waals surface area contributed by atoms with Gasteiger partial charge in [-0.2, -0.15) is 0 Å². The highest BCUT2D eigenvalue weighted by Gasteiger charge is 2.25. The predicted molar refractivity (Wildman–Crippen MR) is 86.0 cm³/mol. The zero-order chi connectivity index (χ0) is 15.5. The number of amides is 1. The van der Waals surface area contributed by atoms with Crippen molar-refractivity contribution in [1.82, 2.24) is 9.88 Å². The normalized spacial score (nSPS) is 17.9. The minimum absolute atomic E-state index is 0.00456. The number of hydrogen-bond acceptors (Lipinski definition) is 4. The molecule has 0 unspecified atom stereocenters. The molecule has 1 saturated heterocycles. The third-order valence-electron chi connectivity index (χ3n) is 4.00. The summed E-state index contributed by atoms with van der Waals surface area (Å²) in [6.07, 6.45) is 2.65. The number of hydrogen-bond donors (Lipinski definition) is 1. The Kier molecular flexibility index (Phi) is 4.45. The second-order valence-electron chi connectivity index (χ2n) is 5.46. The molecule has 3 rings (SSSR count). The van der Waals surface area contributed by atoms with Gasteiger partial charge >= 0.3 is 0 Å². The lowest BCUT2D eigenvalue weighted by Crippen LogP contribution is -2.33. The van der Waals surface area contributed by atoms with Crippen LogP contribution in [0, 0.1) is 5.92 Å². The molecule has 1 aromatic carbocycles. The zero-order valence-electron chi connectivity index (χ0n) is 12.2. The Morgan fingerprint density at radius 3 is 3.09 bits per heavy atom. The van der Waals surface area contributed by atoms with Crippen LogP contribution in [-0.4, -0.2) is 42.0 Å². The van der Waals surface area contributed by atoms with E-state index >= 15 is 0 Å². The van der Waals surface area contributed by atoms with Crippen molar-refractivity contribution in [2.24, 2.45) is 11.7 Å². The molecule has 1 aliphatic rings. The Labute approximate surface area is 134 Å². The summed E-state index contributed by atoms with van der Waals surface area (Å²) in [6.45, 7) is 2.10. The molecule has 0 spiro atoms. The summed E-state index contributed by atoms with van der Waals surface area (Å²) in [5.74, 6) is 0.958.